The number of benzene rings is 1. The number of imidazole rings is 1. The molecule has 0 radical (unpaired) electrons. The van der Waals surface area contributed by atoms with Crippen LogP contribution in [0.2, 0.25) is 0 Å². The molecular weight excluding hydrogens is 435 g/mol. The average Bonchev–Trinajstić information content (AvgIpc) is 3.44. The molecule has 0 unspecified atom stereocenters. The lowest BCUT2D eigenvalue weighted by Gasteiger charge is -2.12. The third-order valence-corrected chi connectivity index (χ3v) is 5.94. The summed E-state index contributed by atoms with van der Waals surface area (Å²) in [7, 11) is 2.91. The highest BCUT2D eigenvalue weighted by atomic mass is 32.1. The highest BCUT2D eigenvalue weighted by molar-refractivity contribution is 7.12. The number of fused-ring (bicyclic) bond motifs is 1. The van der Waals surface area contributed by atoms with Gasteiger partial charge in [0, 0.05) is 32.7 Å². The molecule has 0 bridgehead atoms. The molecule has 0 saturated heterocycles. The zero-order valence-electron chi connectivity index (χ0n) is 17.5. The number of carbonyl (C=O) groups is 1. The van der Waals surface area contributed by atoms with E-state index in [1.54, 1.807) is 34.9 Å². The number of thiophene rings is 1. The summed E-state index contributed by atoms with van der Waals surface area (Å²) in [5.41, 5.74) is -0.280. The van der Waals surface area contributed by atoms with Gasteiger partial charge in [-0.05, 0) is 17.5 Å². The van der Waals surface area contributed by atoms with Crippen molar-refractivity contribution >= 4 is 34.4 Å². The maximum atomic E-state index is 14.3. The third kappa shape index (κ3) is 3.94. The average molecular weight is 457 g/mol. The molecule has 0 aliphatic rings. The summed E-state index contributed by atoms with van der Waals surface area (Å²) >= 11 is 1.35. The number of nitrogens with zero attached hydrogens (tertiary/aromatic N) is 4. The van der Waals surface area contributed by atoms with Crippen LogP contribution in [0.15, 0.2) is 51.4 Å². The molecule has 3 aromatic heterocycles. The van der Waals surface area contributed by atoms with Gasteiger partial charge in [0.15, 0.2) is 11.2 Å². The summed E-state index contributed by atoms with van der Waals surface area (Å²) in [6.45, 7) is 0.656. The Balaban J connectivity index is 1.66. The molecule has 3 heterocycles. The number of anilines is 1. The van der Waals surface area contributed by atoms with Crippen LogP contribution in [0.1, 0.15) is 15.2 Å². The number of aromatic nitrogens is 4. The molecule has 0 atom stereocenters. The molecule has 11 heteroatoms. The molecule has 4 aromatic rings. The fourth-order valence-corrected chi connectivity index (χ4v) is 4.02. The van der Waals surface area contributed by atoms with Crippen molar-refractivity contribution in [2.45, 2.75) is 6.54 Å². The lowest BCUT2D eigenvalue weighted by Crippen LogP contribution is -2.37. The fourth-order valence-electron chi connectivity index (χ4n) is 3.38. The van der Waals surface area contributed by atoms with Crippen molar-refractivity contribution in [1.29, 1.82) is 0 Å². The van der Waals surface area contributed by atoms with Gasteiger partial charge in [0.1, 0.15) is 5.82 Å². The van der Waals surface area contributed by atoms with Gasteiger partial charge >= 0.3 is 5.69 Å². The minimum absolute atomic E-state index is 0.0422. The van der Waals surface area contributed by atoms with Crippen LogP contribution in [0.3, 0.4) is 0 Å². The maximum absolute atomic E-state index is 14.3. The fraction of sp³-hybridized carbons (Fsp3) is 0.238. The number of carbonyl (C=O) groups excluding carboxylic acids is 1. The first-order valence-electron chi connectivity index (χ1n) is 9.83. The zero-order chi connectivity index (χ0) is 22.8. The molecule has 4 rings (SSSR count). The van der Waals surface area contributed by atoms with Crippen molar-refractivity contribution < 1.29 is 9.18 Å². The summed E-state index contributed by atoms with van der Waals surface area (Å²) in [6, 6.07) is 9.79. The Labute approximate surface area is 185 Å². The lowest BCUT2D eigenvalue weighted by molar-refractivity contribution is 0.0959. The Morgan fingerprint density at radius 1 is 1.09 bits per heavy atom. The third-order valence-electron chi connectivity index (χ3n) is 5.07. The second kappa shape index (κ2) is 8.79. The minimum atomic E-state index is -0.522. The molecule has 0 saturated carbocycles. The van der Waals surface area contributed by atoms with Crippen molar-refractivity contribution in [3.63, 3.8) is 0 Å². The van der Waals surface area contributed by atoms with Crippen molar-refractivity contribution in [3.05, 3.63) is 78.9 Å². The topological polar surface area (TPSA) is 103 Å². The van der Waals surface area contributed by atoms with Crippen LogP contribution < -0.4 is 21.9 Å². The lowest BCUT2D eigenvalue weighted by atomic mass is 10.2. The van der Waals surface area contributed by atoms with E-state index in [1.807, 2.05) is 5.38 Å². The highest BCUT2D eigenvalue weighted by Crippen LogP contribution is 2.19. The van der Waals surface area contributed by atoms with Crippen LogP contribution in [-0.2, 0) is 20.6 Å². The first-order chi connectivity index (χ1) is 15.4. The summed E-state index contributed by atoms with van der Waals surface area (Å²) in [5.74, 6) is -0.296. The first-order valence-corrected chi connectivity index (χ1v) is 10.7. The van der Waals surface area contributed by atoms with Crippen LogP contribution >= 0.6 is 11.3 Å². The maximum Gasteiger partial charge on any atom is 0.332 e. The van der Waals surface area contributed by atoms with E-state index in [0.29, 0.717) is 29.5 Å². The van der Waals surface area contributed by atoms with Gasteiger partial charge in [-0.25, -0.2) is 9.18 Å². The number of rotatable bonds is 7. The molecule has 2 N–H and O–H groups in total. The van der Waals surface area contributed by atoms with Gasteiger partial charge in [-0.15, -0.1) is 11.3 Å². The van der Waals surface area contributed by atoms with E-state index in [-0.39, 0.29) is 23.6 Å². The predicted molar refractivity (Wildman–Crippen MR) is 121 cm³/mol. The van der Waals surface area contributed by atoms with Crippen LogP contribution in [-0.4, -0.2) is 37.7 Å². The molecular formula is C21H21FN6O3S. The molecule has 1 aromatic carbocycles. The van der Waals surface area contributed by atoms with E-state index in [9.17, 15) is 18.8 Å². The van der Waals surface area contributed by atoms with Gasteiger partial charge in [0.2, 0.25) is 5.95 Å². The highest BCUT2D eigenvalue weighted by Gasteiger charge is 2.20. The Morgan fingerprint density at radius 3 is 2.59 bits per heavy atom. The normalized spacial score (nSPS) is 11.1. The van der Waals surface area contributed by atoms with Crippen molar-refractivity contribution in [1.82, 2.24) is 24.0 Å². The largest absolute Gasteiger partial charge is 0.354 e. The number of hydrogen-bond acceptors (Lipinski definition) is 6. The Bertz CT molecular complexity index is 1400. The SMILES string of the molecule is Cn1c(=O)c2c(nc(NCCNC(=O)c3cccs3)n2Cc2ccccc2F)n(C)c1=O. The van der Waals surface area contributed by atoms with E-state index in [4.69, 9.17) is 0 Å². The molecule has 0 aliphatic heterocycles. The summed E-state index contributed by atoms with van der Waals surface area (Å²) in [6.07, 6.45) is 0. The van der Waals surface area contributed by atoms with Crippen LogP contribution in [0.5, 0.6) is 0 Å². The van der Waals surface area contributed by atoms with E-state index >= 15 is 0 Å². The van der Waals surface area contributed by atoms with E-state index < -0.39 is 17.1 Å². The summed E-state index contributed by atoms with van der Waals surface area (Å²) < 4.78 is 18.1. The van der Waals surface area contributed by atoms with Crippen LogP contribution in [0.4, 0.5) is 10.3 Å². The Hall–Kier alpha value is -3.73. The van der Waals surface area contributed by atoms with Gasteiger partial charge in [-0.3, -0.25) is 23.3 Å². The van der Waals surface area contributed by atoms with Crippen molar-refractivity contribution in [2.75, 3.05) is 18.4 Å². The Kier molecular flexibility index (Phi) is 5.91. The second-order valence-corrected chi connectivity index (χ2v) is 8.10. The number of amides is 1. The van der Waals surface area contributed by atoms with Crippen molar-refractivity contribution in [2.24, 2.45) is 14.1 Å². The van der Waals surface area contributed by atoms with Gasteiger partial charge in [0.05, 0.1) is 11.4 Å². The molecule has 0 aliphatic carbocycles. The summed E-state index contributed by atoms with van der Waals surface area (Å²) in [4.78, 5) is 42.3. The molecule has 0 fully saturated rings. The van der Waals surface area contributed by atoms with E-state index in [1.165, 1.54) is 36.1 Å². The number of aryl methyl sites for hydroxylation is 1. The quantitative estimate of drug-likeness (QED) is 0.411. The monoisotopic (exact) mass is 456 g/mol. The standard InChI is InChI=1S/C21H21FN6O3S/c1-26-17-16(19(30)27(2)21(26)31)28(12-13-6-3-4-7-14(13)22)20(25-17)24-10-9-23-18(29)15-8-5-11-32-15/h3-8,11H,9-10,12H2,1-2H3,(H,23,29)(H,24,25). The molecule has 9 nitrogen and oxygen atoms in total. The van der Waals surface area contributed by atoms with Crippen LogP contribution in [0, 0.1) is 5.82 Å². The predicted octanol–water partition coefficient (Wildman–Crippen LogP) is 1.52. The minimum Gasteiger partial charge on any atom is -0.354 e. The van der Waals surface area contributed by atoms with Gasteiger partial charge < -0.3 is 10.6 Å². The van der Waals surface area contributed by atoms with Crippen molar-refractivity contribution in [3.8, 4) is 0 Å². The number of halogens is 1. The van der Waals surface area contributed by atoms with Gasteiger partial charge in [0.25, 0.3) is 11.5 Å². The zero-order valence-corrected chi connectivity index (χ0v) is 18.3. The van der Waals surface area contributed by atoms with Crippen LogP contribution in [0.25, 0.3) is 11.2 Å². The van der Waals surface area contributed by atoms with E-state index in [2.05, 4.69) is 15.6 Å². The summed E-state index contributed by atoms with van der Waals surface area (Å²) in [5, 5.41) is 7.71. The molecule has 0 spiro atoms. The number of nitrogens with one attached hydrogen (secondary N) is 2. The van der Waals surface area contributed by atoms with Gasteiger partial charge in [-0.2, -0.15) is 4.98 Å². The smallest absolute Gasteiger partial charge is 0.332 e. The Morgan fingerprint density at radius 2 is 1.88 bits per heavy atom. The second-order valence-electron chi connectivity index (χ2n) is 7.15. The van der Waals surface area contributed by atoms with Gasteiger partial charge in [-0.1, -0.05) is 24.3 Å². The molecule has 32 heavy (non-hydrogen) atoms. The molecule has 166 valence electrons. The number of hydrogen-bond donors (Lipinski definition) is 2. The molecule has 1 amide bonds. The van der Waals surface area contributed by atoms with E-state index in [0.717, 1.165) is 4.57 Å². The first kappa shape index (κ1) is 21.5.